The molecule has 0 amide bonds. The van der Waals surface area contributed by atoms with Crippen molar-refractivity contribution in [2.75, 3.05) is 11.5 Å². The lowest BCUT2D eigenvalue weighted by Crippen LogP contribution is -2.55. The number of thioether (sulfide) groups is 1. The Kier molecular flexibility index (Phi) is 3.23. The highest BCUT2D eigenvalue weighted by atomic mass is 32.2. The Morgan fingerprint density at radius 1 is 1.44 bits per heavy atom. The average Bonchev–Trinajstić information content (AvgIpc) is 2.66. The molecule has 1 saturated heterocycles. The Bertz CT molecular complexity index is 286. The van der Waals surface area contributed by atoms with Crippen LogP contribution in [0, 0.1) is 11.3 Å². The summed E-state index contributed by atoms with van der Waals surface area (Å²) >= 11 is 1.68. The van der Waals surface area contributed by atoms with Crippen LogP contribution in [0.15, 0.2) is 0 Å². The van der Waals surface area contributed by atoms with Gasteiger partial charge in [-0.1, -0.05) is 19.8 Å². The fourth-order valence-corrected chi connectivity index (χ4v) is 4.68. The predicted octanol–water partition coefficient (Wildman–Crippen LogP) is 2.14. The standard InChI is InChI=1S/C12H20O3S/c1-9-3-2-4-11(7-9,10(13)14)12(15)5-6-16-8-12/h9,15H,2-8H2,1H3,(H,13,14). The molecule has 1 heterocycles. The topological polar surface area (TPSA) is 57.5 Å². The fourth-order valence-electron chi connectivity index (χ4n) is 3.30. The van der Waals surface area contributed by atoms with Crippen LogP contribution in [0.25, 0.3) is 0 Å². The lowest BCUT2D eigenvalue weighted by atomic mass is 9.60. The van der Waals surface area contributed by atoms with Gasteiger partial charge in [0.2, 0.25) is 0 Å². The molecule has 0 aromatic carbocycles. The zero-order valence-corrected chi connectivity index (χ0v) is 10.6. The van der Waals surface area contributed by atoms with E-state index in [4.69, 9.17) is 0 Å². The Hall–Kier alpha value is -0.220. The Morgan fingerprint density at radius 2 is 2.19 bits per heavy atom. The lowest BCUT2D eigenvalue weighted by molar-refractivity contribution is -0.173. The van der Waals surface area contributed by atoms with Crippen LogP contribution in [0.1, 0.15) is 39.0 Å². The maximum absolute atomic E-state index is 11.6. The first-order chi connectivity index (χ1) is 7.50. The molecule has 1 aliphatic heterocycles. The number of carbonyl (C=O) groups is 1. The number of hydrogen-bond acceptors (Lipinski definition) is 3. The number of hydrogen-bond donors (Lipinski definition) is 2. The van der Waals surface area contributed by atoms with Crippen molar-refractivity contribution in [1.82, 2.24) is 0 Å². The van der Waals surface area contributed by atoms with E-state index in [-0.39, 0.29) is 0 Å². The summed E-state index contributed by atoms with van der Waals surface area (Å²) in [6, 6.07) is 0. The van der Waals surface area contributed by atoms with Gasteiger partial charge >= 0.3 is 5.97 Å². The van der Waals surface area contributed by atoms with E-state index < -0.39 is 17.0 Å². The highest BCUT2D eigenvalue weighted by Gasteiger charge is 2.58. The van der Waals surface area contributed by atoms with E-state index >= 15 is 0 Å². The van der Waals surface area contributed by atoms with Crippen LogP contribution in [0.2, 0.25) is 0 Å². The SMILES string of the molecule is CC1CCCC(C(=O)O)(C2(O)CCSC2)C1. The lowest BCUT2D eigenvalue weighted by Gasteiger charge is -2.46. The third kappa shape index (κ3) is 1.76. The van der Waals surface area contributed by atoms with Crippen molar-refractivity contribution in [1.29, 1.82) is 0 Å². The number of aliphatic hydroxyl groups is 1. The molecule has 0 aromatic heterocycles. The molecule has 16 heavy (non-hydrogen) atoms. The van der Waals surface area contributed by atoms with Gasteiger partial charge in [0.15, 0.2) is 0 Å². The van der Waals surface area contributed by atoms with Crippen molar-refractivity contribution in [2.24, 2.45) is 11.3 Å². The molecule has 3 unspecified atom stereocenters. The third-order valence-corrected chi connectivity index (χ3v) is 5.47. The molecule has 1 aliphatic carbocycles. The zero-order valence-electron chi connectivity index (χ0n) is 9.74. The van der Waals surface area contributed by atoms with E-state index in [1.54, 1.807) is 11.8 Å². The normalized spacial score (nSPS) is 44.5. The summed E-state index contributed by atoms with van der Waals surface area (Å²) in [7, 11) is 0. The van der Waals surface area contributed by atoms with Crippen LogP contribution in [-0.2, 0) is 4.79 Å². The van der Waals surface area contributed by atoms with Gasteiger partial charge in [-0.25, -0.2) is 0 Å². The van der Waals surface area contributed by atoms with Crippen molar-refractivity contribution in [3.8, 4) is 0 Å². The summed E-state index contributed by atoms with van der Waals surface area (Å²) in [6.07, 6.45) is 3.94. The van der Waals surface area contributed by atoms with Crippen molar-refractivity contribution in [3.05, 3.63) is 0 Å². The van der Waals surface area contributed by atoms with Gasteiger partial charge in [-0.15, -0.1) is 0 Å². The Balaban J connectivity index is 2.30. The summed E-state index contributed by atoms with van der Waals surface area (Å²) in [4.78, 5) is 11.6. The molecule has 0 spiro atoms. The van der Waals surface area contributed by atoms with Gasteiger partial charge in [0.1, 0.15) is 0 Å². The van der Waals surface area contributed by atoms with Gasteiger partial charge in [-0.2, -0.15) is 11.8 Å². The minimum absolute atomic E-state index is 0.416. The van der Waals surface area contributed by atoms with Gasteiger partial charge in [0.25, 0.3) is 0 Å². The van der Waals surface area contributed by atoms with E-state index in [9.17, 15) is 15.0 Å². The van der Waals surface area contributed by atoms with Crippen molar-refractivity contribution >= 4 is 17.7 Å². The number of rotatable bonds is 2. The number of carboxylic acids is 1. The minimum atomic E-state index is -0.974. The van der Waals surface area contributed by atoms with Gasteiger partial charge in [0.05, 0.1) is 11.0 Å². The molecule has 2 N–H and O–H groups in total. The van der Waals surface area contributed by atoms with Crippen molar-refractivity contribution in [3.63, 3.8) is 0 Å². The summed E-state index contributed by atoms with van der Waals surface area (Å²) in [6.45, 7) is 2.10. The molecule has 2 fully saturated rings. The van der Waals surface area contributed by atoms with Crippen molar-refractivity contribution in [2.45, 2.75) is 44.6 Å². The van der Waals surface area contributed by atoms with Crippen LogP contribution in [0.3, 0.4) is 0 Å². The third-order valence-electron chi connectivity index (χ3n) is 4.30. The van der Waals surface area contributed by atoms with E-state index in [0.29, 0.717) is 30.9 Å². The summed E-state index contributed by atoms with van der Waals surface area (Å²) in [5.74, 6) is 1.11. The van der Waals surface area contributed by atoms with E-state index in [2.05, 4.69) is 6.92 Å². The molecule has 3 nitrogen and oxygen atoms in total. The quantitative estimate of drug-likeness (QED) is 0.781. The van der Waals surface area contributed by atoms with Crippen LogP contribution in [0.5, 0.6) is 0 Å². The van der Waals surface area contributed by atoms with E-state index in [1.165, 1.54) is 0 Å². The molecule has 2 aliphatic rings. The van der Waals surface area contributed by atoms with E-state index in [0.717, 1.165) is 18.6 Å². The van der Waals surface area contributed by atoms with E-state index in [1.807, 2.05) is 0 Å². The van der Waals surface area contributed by atoms with Crippen LogP contribution in [0.4, 0.5) is 0 Å². The molecule has 0 radical (unpaired) electrons. The van der Waals surface area contributed by atoms with Crippen LogP contribution in [-0.4, -0.2) is 33.3 Å². The molecule has 3 atom stereocenters. The monoisotopic (exact) mass is 244 g/mol. The molecule has 92 valence electrons. The van der Waals surface area contributed by atoms with Gasteiger partial charge in [-0.3, -0.25) is 4.79 Å². The summed E-state index contributed by atoms with van der Waals surface area (Å²) in [5, 5.41) is 20.2. The maximum Gasteiger partial charge on any atom is 0.312 e. The Morgan fingerprint density at radius 3 is 2.69 bits per heavy atom. The first kappa shape index (κ1) is 12.2. The van der Waals surface area contributed by atoms with Crippen molar-refractivity contribution < 1.29 is 15.0 Å². The van der Waals surface area contributed by atoms with Gasteiger partial charge < -0.3 is 10.2 Å². The highest BCUT2D eigenvalue weighted by Crippen LogP contribution is 2.52. The largest absolute Gasteiger partial charge is 0.481 e. The fraction of sp³-hybridized carbons (Fsp3) is 0.917. The molecule has 0 aromatic rings. The second-order valence-electron chi connectivity index (χ2n) is 5.42. The first-order valence-electron chi connectivity index (χ1n) is 6.04. The smallest absolute Gasteiger partial charge is 0.312 e. The number of aliphatic carboxylic acids is 1. The van der Waals surface area contributed by atoms with Gasteiger partial charge in [-0.05, 0) is 30.9 Å². The zero-order chi connectivity index (χ0) is 11.8. The summed E-state index contributed by atoms with van der Waals surface area (Å²) < 4.78 is 0. The number of carboxylic acid groups (broad SMARTS) is 1. The highest BCUT2D eigenvalue weighted by molar-refractivity contribution is 7.99. The Labute approximate surface area is 101 Å². The first-order valence-corrected chi connectivity index (χ1v) is 7.19. The molecule has 4 heteroatoms. The molecule has 2 rings (SSSR count). The molecular weight excluding hydrogens is 224 g/mol. The second-order valence-corrected chi connectivity index (χ2v) is 6.53. The van der Waals surface area contributed by atoms with Crippen LogP contribution >= 0.6 is 11.8 Å². The minimum Gasteiger partial charge on any atom is -0.481 e. The predicted molar refractivity (Wildman–Crippen MR) is 64.6 cm³/mol. The van der Waals surface area contributed by atoms with Crippen LogP contribution < -0.4 is 0 Å². The average molecular weight is 244 g/mol. The summed E-state index contributed by atoms with van der Waals surface area (Å²) in [5.41, 5.74) is -1.85. The molecule has 0 bridgehead atoms. The molecule has 1 saturated carbocycles. The maximum atomic E-state index is 11.6. The molecular formula is C12H20O3S. The second kappa shape index (κ2) is 4.22. The van der Waals surface area contributed by atoms with Gasteiger partial charge in [0, 0.05) is 5.75 Å².